The van der Waals surface area contributed by atoms with Crippen molar-refractivity contribution < 1.29 is 23.5 Å². The fraction of sp³-hybridized carbons (Fsp3) is 0.240. The van der Waals surface area contributed by atoms with E-state index >= 15 is 0 Å². The minimum atomic E-state index is -1.19. The Hall–Kier alpha value is -3.95. The highest BCUT2D eigenvalue weighted by Crippen LogP contribution is 2.25. The molecule has 0 unspecified atom stereocenters. The number of nitrogens with one attached hydrogen (secondary N) is 2. The molecule has 9 heteroatoms. The average Bonchev–Trinajstić information content (AvgIpc) is 3.23. The van der Waals surface area contributed by atoms with E-state index in [1.165, 1.54) is 6.26 Å². The van der Waals surface area contributed by atoms with Gasteiger partial charge in [0, 0.05) is 30.8 Å². The van der Waals surface area contributed by atoms with Crippen LogP contribution in [0.1, 0.15) is 16.7 Å². The van der Waals surface area contributed by atoms with E-state index < -0.39 is 18.2 Å². The number of rotatable bonds is 5. The number of para-hydroxylation sites is 1. The quantitative estimate of drug-likeness (QED) is 0.607. The summed E-state index contributed by atoms with van der Waals surface area (Å²) in [5, 5.41) is 5.39. The molecule has 0 spiro atoms. The number of anilines is 1. The van der Waals surface area contributed by atoms with Crippen LogP contribution >= 0.6 is 0 Å². The third-order valence-electron chi connectivity index (χ3n) is 5.64. The molecular weight excluding hydrogens is 436 g/mol. The van der Waals surface area contributed by atoms with Crippen LogP contribution in [0.3, 0.4) is 0 Å². The summed E-state index contributed by atoms with van der Waals surface area (Å²) in [6.07, 6.45) is -0.549. The molecule has 0 aliphatic carbocycles. The second-order valence-corrected chi connectivity index (χ2v) is 7.94. The average molecular weight is 460 g/mol. The number of ether oxygens (including phenoxy) is 2. The molecule has 34 heavy (non-hydrogen) atoms. The lowest BCUT2D eigenvalue weighted by molar-refractivity contribution is -0.117. The Bertz CT molecular complexity index is 1200. The Morgan fingerprint density at radius 3 is 2.68 bits per heavy atom. The zero-order chi connectivity index (χ0) is 23.3. The predicted octanol–water partition coefficient (Wildman–Crippen LogP) is 3.02. The zero-order valence-corrected chi connectivity index (χ0v) is 18.4. The van der Waals surface area contributed by atoms with Gasteiger partial charge in [-0.3, -0.25) is 15.0 Å². The Morgan fingerprint density at radius 2 is 1.85 bits per heavy atom. The third kappa shape index (κ3) is 4.85. The number of carbonyl (C=O) groups is 2. The van der Waals surface area contributed by atoms with E-state index in [0.29, 0.717) is 31.2 Å². The molecular formula is C25H24N4O5. The summed E-state index contributed by atoms with van der Waals surface area (Å²) in [4.78, 5) is 32.4. The van der Waals surface area contributed by atoms with Crippen molar-refractivity contribution in [2.24, 2.45) is 4.99 Å². The molecule has 0 saturated carbocycles. The van der Waals surface area contributed by atoms with Crippen molar-refractivity contribution in [1.82, 2.24) is 10.2 Å². The van der Waals surface area contributed by atoms with Crippen LogP contribution in [0.2, 0.25) is 0 Å². The summed E-state index contributed by atoms with van der Waals surface area (Å²) in [6.45, 7) is 3.47. The van der Waals surface area contributed by atoms with Crippen LogP contribution in [0.15, 0.2) is 76.3 Å². The molecule has 1 aromatic heterocycles. The number of furan rings is 1. The van der Waals surface area contributed by atoms with Crippen molar-refractivity contribution in [3.63, 3.8) is 0 Å². The fourth-order valence-electron chi connectivity index (χ4n) is 3.93. The van der Waals surface area contributed by atoms with Crippen LogP contribution in [0, 0.1) is 0 Å². The number of benzene rings is 2. The molecule has 2 N–H and O–H groups in total. The van der Waals surface area contributed by atoms with Gasteiger partial charge in [-0.25, -0.2) is 9.79 Å². The molecule has 1 atom stereocenters. The Morgan fingerprint density at radius 1 is 1.09 bits per heavy atom. The van der Waals surface area contributed by atoms with E-state index in [0.717, 1.165) is 29.8 Å². The molecule has 5 rings (SSSR count). The summed E-state index contributed by atoms with van der Waals surface area (Å²) in [5.74, 6) is -0.378. The van der Waals surface area contributed by atoms with Gasteiger partial charge in [-0.1, -0.05) is 48.5 Å². The maximum absolute atomic E-state index is 12.9. The van der Waals surface area contributed by atoms with Crippen molar-refractivity contribution in [2.75, 3.05) is 31.6 Å². The van der Waals surface area contributed by atoms with Gasteiger partial charge in [0.25, 0.3) is 11.9 Å². The molecule has 2 aromatic carbocycles. The zero-order valence-electron chi connectivity index (χ0n) is 18.4. The van der Waals surface area contributed by atoms with E-state index in [1.807, 2.05) is 48.5 Å². The normalized spacial score (nSPS) is 18.3. The lowest BCUT2D eigenvalue weighted by Crippen LogP contribution is -2.43. The molecule has 2 aliphatic heterocycles. The first-order valence-electron chi connectivity index (χ1n) is 11.1. The first kappa shape index (κ1) is 21.9. The fourth-order valence-corrected chi connectivity index (χ4v) is 3.93. The van der Waals surface area contributed by atoms with E-state index in [9.17, 15) is 9.59 Å². The van der Waals surface area contributed by atoms with Crippen LogP contribution in [-0.4, -0.2) is 55.1 Å². The standard InChI is InChI=1S/C25H24N4O5/c30-23-22(27-21(17-6-2-1-3-7-17)19-8-4-5-9-20(19)26-23)28-25(31)34-24-18(10-13-33-24)16-29-11-14-32-15-12-29/h1-10,13,22H,11-12,14-16H2,(H,26,30)(H,28,31)/t22-/m1/s1. The van der Waals surface area contributed by atoms with Gasteiger partial charge in [-0.2, -0.15) is 0 Å². The molecule has 2 amide bonds. The summed E-state index contributed by atoms with van der Waals surface area (Å²) in [7, 11) is 0. The number of morpholine rings is 1. The van der Waals surface area contributed by atoms with Crippen LogP contribution in [-0.2, 0) is 16.1 Å². The highest BCUT2D eigenvalue weighted by Gasteiger charge is 2.28. The van der Waals surface area contributed by atoms with Crippen molar-refractivity contribution >= 4 is 23.4 Å². The maximum atomic E-state index is 12.9. The monoisotopic (exact) mass is 460 g/mol. The lowest BCUT2D eigenvalue weighted by atomic mass is 10.0. The molecule has 1 saturated heterocycles. The van der Waals surface area contributed by atoms with Gasteiger partial charge in [0.15, 0.2) is 0 Å². The van der Waals surface area contributed by atoms with E-state index in [1.54, 1.807) is 12.1 Å². The van der Waals surface area contributed by atoms with Crippen molar-refractivity contribution in [3.8, 4) is 5.95 Å². The number of amides is 2. The molecule has 3 heterocycles. The number of hydrogen-bond acceptors (Lipinski definition) is 7. The van der Waals surface area contributed by atoms with Crippen LogP contribution in [0.25, 0.3) is 0 Å². The molecule has 0 radical (unpaired) electrons. The molecule has 2 aliphatic rings. The Kier molecular flexibility index (Phi) is 6.37. The largest absolute Gasteiger partial charge is 0.434 e. The number of benzodiazepines with no additional fused rings is 1. The SMILES string of the molecule is O=C(N[C@H]1N=C(c2ccccc2)c2ccccc2NC1=O)Oc1occc1CN1CCOCC1. The van der Waals surface area contributed by atoms with Crippen molar-refractivity contribution in [3.05, 3.63) is 83.6 Å². The number of carbonyl (C=O) groups excluding carboxylic acids is 2. The van der Waals surface area contributed by atoms with Crippen molar-refractivity contribution in [1.29, 1.82) is 0 Å². The van der Waals surface area contributed by atoms with Gasteiger partial charge < -0.3 is 19.2 Å². The molecule has 174 valence electrons. The minimum Gasteiger partial charge on any atom is -0.434 e. The molecule has 1 fully saturated rings. The summed E-state index contributed by atoms with van der Waals surface area (Å²) < 4.78 is 16.2. The second kappa shape index (κ2) is 9.90. The van der Waals surface area contributed by atoms with Crippen molar-refractivity contribution in [2.45, 2.75) is 12.7 Å². The van der Waals surface area contributed by atoms with Gasteiger partial charge >= 0.3 is 6.09 Å². The second-order valence-electron chi connectivity index (χ2n) is 7.94. The van der Waals surface area contributed by atoms with E-state index in [-0.39, 0.29) is 5.95 Å². The van der Waals surface area contributed by atoms with Gasteiger partial charge in [0.1, 0.15) is 0 Å². The van der Waals surface area contributed by atoms with E-state index in [2.05, 4.69) is 20.5 Å². The van der Waals surface area contributed by atoms with Gasteiger partial charge in [0.05, 0.1) is 36.4 Å². The topological polar surface area (TPSA) is 105 Å². The van der Waals surface area contributed by atoms with Gasteiger partial charge in [-0.15, -0.1) is 0 Å². The third-order valence-corrected chi connectivity index (χ3v) is 5.64. The first-order valence-corrected chi connectivity index (χ1v) is 11.1. The first-order chi connectivity index (χ1) is 16.7. The number of aliphatic imine (C=N–C) groups is 1. The molecule has 9 nitrogen and oxygen atoms in total. The molecule has 3 aromatic rings. The summed E-state index contributed by atoms with van der Waals surface area (Å²) in [5.41, 5.74) is 3.53. The number of nitrogens with zero attached hydrogens (tertiary/aromatic N) is 2. The van der Waals surface area contributed by atoms with Gasteiger partial charge in [0.2, 0.25) is 6.17 Å². The lowest BCUT2D eigenvalue weighted by Gasteiger charge is -2.26. The Labute approximate surface area is 196 Å². The molecule has 0 bridgehead atoms. The number of fused-ring (bicyclic) bond motifs is 1. The number of hydrogen-bond donors (Lipinski definition) is 2. The smallest absolute Gasteiger partial charge is 0.417 e. The van der Waals surface area contributed by atoms with Crippen LogP contribution < -0.4 is 15.4 Å². The minimum absolute atomic E-state index is 0.0913. The highest BCUT2D eigenvalue weighted by molar-refractivity contribution is 6.19. The summed E-state index contributed by atoms with van der Waals surface area (Å²) >= 11 is 0. The highest BCUT2D eigenvalue weighted by atomic mass is 16.6. The summed E-state index contributed by atoms with van der Waals surface area (Å²) in [6, 6.07) is 18.6. The maximum Gasteiger partial charge on any atom is 0.417 e. The van der Waals surface area contributed by atoms with E-state index in [4.69, 9.17) is 13.9 Å². The van der Waals surface area contributed by atoms with Crippen LogP contribution in [0.5, 0.6) is 5.95 Å². The van der Waals surface area contributed by atoms with Crippen LogP contribution in [0.4, 0.5) is 10.5 Å². The Balaban J connectivity index is 1.34. The predicted molar refractivity (Wildman–Crippen MR) is 125 cm³/mol. The van der Waals surface area contributed by atoms with Gasteiger partial charge in [-0.05, 0) is 12.1 Å².